The fourth-order valence-electron chi connectivity index (χ4n) is 1.47. The van der Waals surface area contributed by atoms with Gasteiger partial charge < -0.3 is 0 Å². The van der Waals surface area contributed by atoms with Crippen LogP contribution in [0.5, 0.6) is 0 Å². The number of carbonyl (C=O) groups is 2. The molecule has 0 heterocycles. The minimum absolute atomic E-state index is 0.196. The van der Waals surface area contributed by atoms with Crippen molar-refractivity contribution in [3.05, 3.63) is 39.9 Å². The summed E-state index contributed by atoms with van der Waals surface area (Å²) in [7, 11) is 0. The highest BCUT2D eigenvalue weighted by molar-refractivity contribution is 6.31. The van der Waals surface area contributed by atoms with Gasteiger partial charge in [0.1, 0.15) is 0 Å². The van der Waals surface area contributed by atoms with Gasteiger partial charge in [0.25, 0.3) is 0 Å². The standard InChI is InChI=1S/C13H13ClO2/c1-8-4-11(6-12(14)5-8)7-13(9(2)15)10(3)16/h4-7H,1-3H3. The number of Topliss-reactive ketones (excluding diaryl/α,β-unsaturated/α-hetero) is 2. The highest BCUT2D eigenvalue weighted by Gasteiger charge is 2.09. The van der Waals surface area contributed by atoms with Crippen LogP contribution in [0.4, 0.5) is 0 Å². The van der Waals surface area contributed by atoms with Gasteiger partial charge in [0, 0.05) is 5.02 Å². The van der Waals surface area contributed by atoms with Crippen LogP contribution >= 0.6 is 11.6 Å². The maximum atomic E-state index is 11.2. The molecule has 0 aromatic heterocycles. The molecule has 0 saturated carbocycles. The fraction of sp³-hybridized carbons (Fsp3) is 0.231. The Morgan fingerprint density at radius 1 is 1.12 bits per heavy atom. The lowest BCUT2D eigenvalue weighted by atomic mass is 10.0. The number of hydrogen-bond donors (Lipinski definition) is 0. The van der Waals surface area contributed by atoms with Gasteiger partial charge in [0.05, 0.1) is 5.57 Å². The predicted octanol–water partition coefficient (Wildman–Crippen LogP) is 3.21. The highest BCUT2D eigenvalue weighted by Crippen LogP contribution is 2.17. The molecule has 0 aliphatic heterocycles. The van der Waals surface area contributed by atoms with Crippen LogP contribution in [0.2, 0.25) is 5.02 Å². The number of hydrogen-bond acceptors (Lipinski definition) is 2. The first-order valence-electron chi connectivity index (χ1n) is 4.91. The van der Waals surface area contributed by atoms with Gasteiger partial charge in [-0.1, -0.05) is 17.7 Å². The molecule has 16 heavy (non-hydrogen) atoms. The third kappa shape index (κ3) is 3.31. The highest BCUT2D eigenvalue weighted by atomic mass is 35.5. The Morgan fingerprint density at radius 3 is 2.12 bits per heavy atom. The van der Waals surface area contributed by atoms with E-state index < -0.39 is 0 Å². The fourth-order valence-corrected chi connectivity index (χ4v) is 1.76. The van der Waals surface area contributed by atoms with E-state index in [0.29, 0.717) is 5.02 Å². The summed E-state index contributed by atoms with van der Waals surface area (Å²) in [5.41, 5.74) is 1.96. The van der Waals surface area contributed by atoms with Crippen LogP contribution < -0.4 is 0 Å². The second-order valence-electron chi connectivity index (χ2n) is 3.73. The molecule has 2 nitrogen and oxygen atoms in total. The number of ketones is 2. The van der Waals surface area contributed by atoms with Gasteiger partial charge >= 0.3 is 0 Å². The first-order chi connectivity index (χ1) is 7.40. The number of benzene rings is 1. The van der Waals surface area contributed by atoms with Crippen molar-refractivity contribution in [2.24, 2.45) is 0 Å². The van der Waals surface area contributed by atoms with E-state index in [-0.39, 0.29) is 17.1 Å². The van der Waals surface area contributed by atoms with E-state index in [9.17, 15) is 9.59 Å². The van der Waals surface area contributed by atoms with E-state index >= 15 is 0 Å². The van der Waals surface area contributed by atoms with Crippen molar-refractivity contribution in [1.29, 1.82) is 0 Å². The van der Waals surface area contributed by atoms with Gasteiger partial charge in [-0.25, -0.2) is 0 Å². The number of aryl methyl sites for hydroxylation is 1. The van der Waals surface area contributed by atoms with E-state index in [1.54, 1.807) is 12.1 Å². The van der Waals surface area contributed by atoms with Gasteiger partial charge in [0.15, 0.2) is 11.6 Å². The average molecular weight is 237 g/mol. The molecule has 0 amide bonds. The Balaban J connectivity index is 3.23. The summed E-state index contributed by atoms with van der Waals surface area (Å²) in [4.78, 5) is 22.5. The quantitative estimate of drug-likeness (QED) is 0.459. The minimum Gasteiger partial charge on any atom is -0.294 e. The summed E-state index contributed by atoms with van der Waals surface area (Å²) in [6.07, 6.45) is 1.57. The maximum absolute atomic E-state index is 11.2. The Hall–Kier alpha value is -1.41. The average Bonchev–Trinajstić information content (AvgIpc) is 2.11. The molecule has 0 aliphatic rings. The molecule has 0 fully saturated rings. The lowest BCUT2D eigenvalue weighted by molar-refractivity contribution is -0.119. The molecule has 0 N–H and O–H groups in total. The summed E-state index contributed by atoms with van der Waals surface area (Å²) >= 11 is 5.89. The molecule has 0 radical (unpaired) electrons. The van der Waals surface area contributed by atoms with Crippen molar-refractivity contribution >= 4 is 29.2 Å². The Labute approximate surface area is 99.9 Å². The summed E-state index contributed by atoms with van der Waals surface area (Å²) in [6.45, 7) is 4.67. The number of allylic oxidation sites excluding steroid dienone is 1. The largest absolute Gasteiger partial charge is 0.294 e. The zero-order valence-corrected chi connectivity index (χ0v) is 10.3. The topological polar surface area (TPSA) is 34.1 Å². The van der Waals surface area contributed by atoms with Crippen molar-refractivity contribution in [2.45, 2.75) is 20.8 Å². The molecule has 0 spiro atoms. The van der Waals surface area contributed by atoms with Gasteiger partial charge in [-0.2, -0.15) is 0 Å². The zero-order chi connectivity index (χ0) is 12.3. The normalized spacial score (nSPS) is 9.75. The third-order valence-corrected chi connectivity index (χ3v) is 2.35. The molecule has 0 aliphatic carbocycles. The van der Waals surface area contributed by atoms with E-state index in [2.05, 4.69) is 0 Å². The molecule has 0 bridgehead atoms. The van der Waals surface area contributed by atoms with Crippen molar-refractivity contribution in [3.63, 3.8) is 0 Å². The second kappa shape index (κ2) is 5.08. The molecule has 0 unspecified atom stereocenters. The predicted molar refractivity (Wildman–Crippen MR) is 65.5 cm³/mol. The van der Waals surface area contributed by atoms with Gasteiger partial charge in [0.2, 0.25) is 0 Å². The molecule has 0 saturated heterocycles. The number of rotatable bonds is 3. The lowest BCUT2D eigenvalue weighted by Crippen LogP contribution is -2.05. The molecular weight excluding hydrogens is 224 g/mol. The first-order valence-corrected chi connectivity index (χ1v) is 5.28. The summed E-state index contributed by atoms with van der Waals surface area (Å²) < 4.78 is 0. The van der Waals surface area contributed by atoms with Crippen molar-refractivity contribution in [1.82, 2.24) is 0 Å². The van der Waals surface area contributed by atoms with E-state index in [1.807, 2.05) is 19.1 Å². The van der Waals surface area contributed by atoms with Gasteiger partial charge in [-0.05, 0) is 50.1 Å². The Bertz CT molecular complexity index is 437. The Morgan fingerprint density at radius 2 is 1.69 bits per heavy atom. The summed E-state index contributed by atoms with van der Waals surface area (Å²) in [5, 5.41) is 0.595. The maximum Gasteiger partial charge on any atom is 0.163 e. The molecular formula is C13H13ClO2. The molecule has 0 atom stereocenters. The van der Waals surface area contributed by atoms with E-state index in [1.165, 1.54) is 13.8 Å². The molecule has 1 rings (SSSR count). The van der Waals surface area contributed by atoms with E-state index in [0.717, 1.165) is 11.1 Å². The van der Waals surface area contributed by atoms with Crippen LogP contribution in [-0.4, -0.2) is 11.6 Å². The number of halogens is 1. The van der Waals surface area contributed by atoms with E-state index in [4.69, 9.17) is 11.6 Å². The SMILES string of the molecule is CC(=O)C(=Cc1cc(C)cc(Cl)c1)C(C)=O. The van der Waals surface area contributed by atoms with Gasteiger partial charge in [-0.3, -0.25) is 9.59 Å². The van der Waals surface area contributed by atoms with Crippen LogP contribution in [0, 0.1) is 6.92 Å². The Kier molecular flexibility index (Phi) is 4.02. The first kappa shape index (κ1) is 12.7. The molecule has 1 aromatic rings. The lowest BCUT2D eigenvalue weighted by Gasteiger charge is -2.01. The number of carbonyl (C=O) groups excluding carboxylic acids is 2. The van der Waals surface area contributed by atoms with Crippen LogP contribution in [0.1, 0.15) is 25.0 Å². The smallest absolute Gasteiger partial charge is 0.163 e. The zero-order valence-electron chi connectivity index (χ0n) is 9.50. The van der Waals surface area contributed by atoms with Gasteiger partial charge in [-0.15, -0.1) is 0 Å². The molecule has 84 valence electrons. The molecule has 1 aromatic carbocycles. The monoisotopic (exact) mass is 236 g/mol. The van der Waals surface area contributed by atoms with Crippen molar-refractivity contribution in [3.8, 4) is 0 Å². The summed E-state index contributed by atoms with van der Waals surface area (Å²) in [5.74, 6) is -0.463. The van der Waals surface area contributed by atoms with Crippen molar-refractivity contribution in [2.75, 3.05) is 0 Å². The van der Waals surface area contributed by atoms with Crippen LogP contribution in [-0.2, 0) is 9.59 Å². The van der Waals surface area contributed by atoms with Crippen LogP contribution in [0.15, 0.2) is 23.8 Å². The molecule has 3 heteroatoms. The van der Waals surface area contributed by atoms with Crippen molar-refractivity contribution < 1.29 is 9.59 Å². The third-order valence-electron chi connectivity index (χ3n) is 2.13. The summed E-state index contributed by atoms with van der Waals surface area (Å²) in [6, 6.07) is 5.41. The van der Waals surface area contributed by atoms with Crippen LogP contribution in [0.3, 0.4) is 0 Å². The second-order valence-corrected chi connectivity index (χ2v) is 4.17. The van der Waals surface area contributed by atoms with Crippen LogP contribution in [0.25, 0.3) is 6.08 Å². The minimum atomic E-state index is -0.231.